The van der Waals surface area contributed by atoms with Gasteiger partial charge in [-0.25, -0.2) is 9.97 Å². The topological polar surface area (TPSA) is 105 Å². The van der Waals surface area contributed by atoms with Crippen molar-refractivity contribution in [1.29, 1.82) is 0 Å². The molecular formula is C17H25ClF3N5O3. The maximum Gasteiger partial charge on any atom is 0.419 e. The van der Waals surface area contributed by atoms with E-state index in [1.807, 2.05) is 0 Å². The third-order valence-corrected chi connectivity index (χ3v) is 4.95. The second-order valence-electron chi connectivity index (χ2n) is 7.26. The molecule has 0 spiro atoms. The molecule has 1 aromatic heterocycles. The van der Waals surface area contributed by atoms with Crippen molar-refractivity contribution in [2.24, 2.45) is 5.73 Å². The molecule has 0 saturated carbocycles. The molecule has 2 aliphatic rings. The van der Waals surface area contributed by atoms with Crippen molar-refractivity contribution in [2.45, 2.75) is 50.2 Å². The van der Waals surface area contributed by atoms with Gasteiger partial charge < -0.3 is 25.4 Å². The third kappa shape index (κ3) is 5.47. The Balaban J connectivity index is 0.00000300. The number of halogens is 4. The van der Waals surface area contributed by atoms with Crippen molar-refractivity contribution in [2.75, 3.05) is 31.1 Å². The minimum absolute atomic E-state index is 0. The van der Waals surface area contributed by atoms with Crippen LogP contribution >= 0.6 is 12.4 Å². The van der Waals surface area contributed by atoms with Crippen LogP contribution in [0, 0.1) is 0 Å². The average molecular weight is 440 g/mol. The maximum absolute atomic E-state index is 12.6. The number of carbonyl (C=O) groups is 1. The summed E-state index contributed by atoms with van der Waals surface area (Å²) in [5.74, 6) is -0.0414. The van der Waals surface area contributed by atoms with Gasteiger partial charge in [0.05, 0.1) is 24.3 Å². The van der Waals surface area contributed by atoms with Crippen LogP contribution in [-0.4, -0.2) is 76.4 Å². The van der Waals surface area contributed by atoms with Crippen molar-refractivity contribution >= 4 is 24.3 Å². The van der Waals surface area contributed by atoms with Crippen molar-refractivity contribution < 1.29 is 27.8 Å². The second kappa shape index (κ2) is 9.41. The summed E-state index contributed by atoms with van der Waals surface area (Å²) >= 11 is 0. The zero-order valence-electron chi connectivity index (χ0n) is 15.9. The van der Waals surface area contributed by atoms with Crippen LogP contribution in [0.25, 0.3) is 0 Å². The van der Waals surface area contributed by atoms with E-state index in [0.717, 1.165) is 12.4 Å². The Morgan fingerprint density at radius 2 is 1.97 bits per heavy atom. The SMILES string of the molecule is CC(N)COC1CCN([C@H]2CCN(c3ncc(C(F)(F)F)cn3)C[C@H]2O)C1=O.Cl. The second-order valence-corrected chi connectivity index (χ2v) is 7.26. The zero-order chi connectivity index (χ0) is 20.5. The summed E-state index contributed by atoms with van der Waals surface area (Å²) in [5, 5.41) is 10.5. The molecule has 2 unspecified atom stereocenters. The molecule has 4 atom stereocenters. The van der Waals surface area contributed by atoms with E-state index in [4.69, 9.17) is 10.5 Å². The minimum atomic E-state index is -4.50. The molecule has 164 valence electrons. The molecule has 12 heteroatoms. The number of ether oxygens (including phenoxy) is 1. The minimum Gasteiger partial charge on any atom is -0.389 e. The first-order valence-corrected chi connectivity index (χ1v) is 9.16. The summed E-state index contributed by atoms with van der Waals surface area (Å²) in [7, 11) is 0. The van der Waals surface area contributed by atoms with Gasteiger partial charge in [-0.2, -0.15) is 13.2 Å². The van der Waals surface area contributed by atoms with Crippen LogP contribution in [0.2, 0.25) is 0 Å². The number of aliphatic hydroxyl groups is 1. The number of likely N-dealkylation sites (tertiary alicyclic amines) is 1. The third-order valence-electron chi connectivity index (χ3n) is 4.95. The molecule has 2 fully saturated rings. The molecule has 29 heavy (non-hydrogen) atoms. The Hall–Kier alpha value is -1.69. The van der Waals surface area contributed by atoms with Gasteiger partial charge >= 0.3 is 6.18 Å². The van der Waals surface area contributed by atoms with Gasteiger partial charge in [-0.1, -0.05) is 0 Å². The molecule has 2 saturated heterocycles. The lowest BCUT2D eigenvalue weighted by atomic mass is 10.0. The predicted octanol–water partition coefficient (Wildman–Crippen LogP) is 0.821. The van der Waals surface area contributed by atoms with E-state index in [1.165, 1.54) is 0 Å². The number of rotatable bonds is 5. The molecule has 0 aliphatic carbocycles. The highest BCUT2D eigenvalue weighted by molar-refractivity contribution is 5.85. The van der Waals surface area contributed by atoms with E-state index >= 15 is 0 Å². The monoisotopic (exact) mass is 439 g/mol. The number of carbonyl (C=O) groups excluding carboxylic acids is 1. The van der Waals surface area contributed by atoms with Crippen LogP contribution in [0.3, 0.4) is 0 Å². The maximum atomic E-state index is 12.6. The number of alkyl halides is 3. The number of anilines is 1. The summed E-state index contributed by atoms with van der Waals surface area (Å²) in [6.45, 7) is 3.12. The number of hydrogen-bond acceptors (Lipinski definition) is 7. The first kappa shape index (κ1) is 23.6. The summed E-state index contributed by atoms with van der Waals surface area (Å²) in [6.07, 6.45) is -3.46. The van der Waals surface area contributed by atoms with Crippen molar-refractivity contribution in [1.82, 2.24) is 14.9 Å². The number of aliphatic hydroxyl groups excluding tert-OH is 1. The van der Waals surface area contributed by atoms with Crippen molar-refractivity contribution in [3.63, 3.8) is 0 Å². The fourth-order valence-corrected chi connectivity index (χ4v) is 3.52. The summed E-state index contributed by atoms with van der Waals surface area (Å²) in [6, 6.07) is -0.540. The van der Waals surface area contributed by atoms with E-state index in [1.54, 1.807) is 16.7 Å². The van der Waals surface area contributed by atoms with Crippen LogP contribution in [0.5, 0.6) is 0 Å². The quantitative estimate of drug-likeness (QED) is 0.699. The zero-order valence-corrected chi connectivity index (χ0v) is 16.7. The van der Waals surface area contributed by atoms with Crippen molar-refractivity contribution in [3.8, 4) is 0 Å². The molecule has 3 heterocycles. The standard InChI is InChI=1S/C17H24F3N5O3.ClH/c1-10(21)9-28-14-3-5-25(15(14)27)12-2-4-24(8-13(12)26)16-22-6-11(7-23-16)17(18,19)20;/h6-7,10,12-14,26H,2-5,8-9,21H2,1H3;1H/t10?,12-,13+,14?;/m0./s1. The van der Waals surface area contributed by atoms with Gasteiger partial charge in [0.2, 0.25) is 5.95 Å². The van der Waals surface area contributed by atoms with E-state index in [2.05, 4.69) is 9.97 Å². The molecule has 1 aromatic rings. The lowest BCUT2D eigenvalue weighted by Crippen LogP contribution is -2.55. The van der Waals surface area contributed by atoms with E-state index in [9.17, 15) is 23.1 Å². The van der Waals surface area contributed by atoms with Crippen LogP contribution in [-0.2, 0) is 15.7 Å². The Morgan fingerprint density at radius 3 is 2.52 bits per heavy atom. The Labute approximate surface area is 172 Å². The fourth-order valence-electron chi connectivity index (χ4n) is 3.52. The molecule has 2 aliphatic heterocycles. The highest BCUT2D eigenvalue weighted by Crippen LogP contribution is 2.29. The van der Waals surface area contributed by atoms with Gasteiger partial charge in [0.25, 0.3) is 5.91 Å². The Morgan fingerprint density at radius 1 is 1.31 bits per heavy atom. The molecule has 1 amide bonds. The molecule has 3 rings (SSSR count). The average Bonchev–Trinajstić information content (AvgIpc) is 3.00. The number of nitrogens with zero attached hydrogens (tertiary/aromatic N) is 4. The first-order valence-electron chi connectivity index (χ1n) is 9.16. The largest absolute Gasteiger partial charge is 0.419 e. The van der Waals surface area contributed by atoms with Crippen LogP contribution < -0.4 is 10.6 Å². The number of β-amino-alcohol motifs (C(OH)–C–C–N with tert-alkyl or cyclic N) is 1. The van der Waals surface area contributed by atoms with Gasteiger partial charge in [-0.05, 0) is 13.3 Å². The number of amides is 1. The lowest BCUT2D eigenvalue weighted by molar-refractivity contribution is -0.141. The first-order chi connectivity index (χ1) is 13.2. The molecule has 0 bridgehead atoms. The fraction of sp³-hybridized carbons (Fsp3) is 0.706. The lowest BCUT2D eigenvalue weighted by Gasteiger charge is -2.40. The number of hydrogen-bond donors (Lipinski definition) is 2. The Kier molecular flexibility index (Phi) is 7.66. The summed E-state index contributed by atoms with van der Waals surface area (Å²) < 4.78 is 43.4. The molecular weight excluding hydrogens is 415 g/mol. The summed E-state index contributed by atoms with van der Waals surface area (Å²) in [4.78, 5) is 23.3. The van der Waals surface area contributed by atoms with Gasteiger partial charge in [-0.3, -0.25) is 4.79 Å². The number of aromatic nitrogens is 2. The van der Waals surface area contributed by atoms with E-state index in [-0.39, 0.29) is 49.5 Å². The van der Waals surface area contributed by atoms with Gasteiger partial charge in [0.1, 0.15) is 6.10 Å². The van der Waals surface area contributed by atoms with Gasteiger partial charge in [-0.15, -0.1) is 12.4 Å². The number of nitrogens with two attached hydrogens (primary N) is 1. The van der Waals surface area contributed by atoms with Crippen LogP contribution in [0.15, 0.2) is 12.4 Å². The van der Waals surface area contributed by atoms with Crippen LogP contribution in [0.4, 0.5) is 19.1 Å². The molecule has 0 aromatic carbocycles. The molecule has 8 nitrogen and oxygen atoms in total. The van der Waals surface area contributed by atoms with Gasteiger partial charge in [0, 0.05) is 44.5 Å². The molecule has 3 N–H and O–H groups in total. The molecule has 0 radical (unpaired) electrons. The van der Waals surface area contributed by atoms with E-state index in [0.29, 0.717) is 25.9 Å². The van der Waals surface area contributed by atoms with Gasteiger partial charge in [0.15, 0.2) is 0 Å². The highest BCUT2D eigenvalue weighted by atomic mass is 35.5. The Bertz CT molecular complexity index is 692. The normalized spacial score (nSPS) is 26.4. The van der Waals surface area contributed by atoms with E-state index < -0.39 is 23.9 Å². The highest BCUT2D eigenvalue weighted by Gasteiger charge is 2.41. The van der Waals surface area contributed by atoms with Crippen molar-refractivity contribution in [3.05, 3.63) is 18.0 Å². The number of piperidine rings is 1. The smallest absolute Gasteiger partial charge is 0.389 e. The predicted molar refractivity (Wildman–Crippen MR) is 101 cm³/mol. The van der Waals surface area contributed by atoms with Crippen LogP contribution in [0.1, 0.15) is 25.3 Å². The summed E-state index contributed by atoms with van der Waals surface area (Å²) in [5.41, 5.74) is 4.73.